The lowest BCUT2D eigenvalue weighted by molar-refractivity contribution is 0.413. The first-order valence-electron chi connectivity index (χ1n) is 6.72. The summed E-state index contributed by atoms with van der Waals surface area (Å²) >= 11 is 0. The number of nitrogens with two attached hydrogens (primary N) is 1. The van der Waals surface area contributed by atoms with E-state index in [0.717, 1.165) is 28.3 Å². The SMILES string of the molecule is COc1c(C)cc(C)cc1-c1cc(C(C)C)nc(N)n1. The van der Waals surface area contributed by atoms with E-state index in [1.165, 1.54) is 5.56 Å². The Morgan fingerprint density at radius 3 is 2.40 bits per heavy atom. The van der Waals surface area contributed by atoms with E-state index < -0.39 is 0 Å². The minimum Gasteiger partial charge on any atom is -0.496 e. The number of ether oxygens (including phenoxy) is 1. The van der Waals surface area contributed by atoms with Crippen LogP contribution in [0.25, 0.3) is 11.3 Å². The van der Waals surface area contributed by atoms with Gasteiger partial charge in [-0.25, -0.2) is 9.97 Å². The van der Waals surface area contributed by atoms with Gasteiger partial charge in [0.15, 0.2) is 0 Å². The molecule has 1 heterocycles. The van der Waals surface area contributed by atoms with Gasteiger partial charge in [0, 0.05) is 11.3 Å². The number of rotatable bonds is 3. The van der Waals surface area contributed by atoms with Gasteiger partial charge in [0.25, 0.3) is 0 Å². The molecule has 2 rings (SSSR count). The number of nitrogen functional groups attached to an aromatic ring is 1. The van der Waals surface area contributed by atoms with Crippen molar-refractivity contribution in [2.75, 3.05) is 12.8 Å². The van der Waals surface area contributed by atoms with Gasteiger partial charge in [-0.15, -0.1) is 0 Å². The highest BCUT2D eigenvalue weighted by molar-refractivity contribution is 5.71. The quantitative estimate of drug-likeness (QED) is 0.928. The first kappa shape index (κ1) is 14.3. The molecule has 0 fully saturated rings. The van der Waals surface area contributed by atoms with E-state index >= 15 is 0 Å². The molecule has 1 aromatic carbocycles. The van der Waals surface area contributed by atoms with E-state index in [2.05, 4.69) is 42.9 Å². The average Bonchev–Trinajstić information content (AvgIpc) is 2.37. The zero-order valence-electron chi connectivity index (χ0n) is 12.7. The van der Waals surface area contributed by atoms with E-state index in [-0.39, 0.29) is 0 Å². The molecule has 106 valence electrons. The van der Waals surface area contributed by atoms with Crippen LogP contribution in [-0.2, 0) is 0 Å². The average molecular weight is 271 g/mol. The minimum atomic E-state index is 0.299. The fraction of sp³-hybridized carbons (Fsp3) is 0.375. The van der Waals surface area contributed by atoms with Crippen molar-refractivity contribution in [2.45, 2.75) is 33.6 Å². The first-order valence-corrected chi connectivity index (χ1v) is 6.72. The Bertz CT molecular complexity index is 636. The van der Waals surface area contributed by atoms with Crippen molar-refractivity contribution in [3.8, 4) is 17.0 Å². The highest BCUT2D eigenvalue weighted by atomic mass is 16.5. The second-order valence-electron chi connectivity index (χ2n) is 5.35. The van der Waals surface area contributed by atoms with Crippen molar-refractivity contribution in [3.05, 3.63) is 35.0 Å². The van der Waals surface area contributed by atoms with Crippen LogP contribution in [0.3, 0.4) is 0 Å². The van der Waals surface area contributed by atoms with Gasteiger partial charge in [-0.05, 0) is 43.0 Å². The Morgan fingerprint density at radius 2 is 1.80 bits per heavy atom. The number of anilines is 1. The van der Waals surface area contributed by atoms with Crippen LogP contribution < -0.4 is 10.5 Å². The fourth-order valence-corrected chi connectivity index (χ4v) is 2.33. The molecule has 0 bridgehead atoms. The molecule has 0 atom stereocenters. The third kappa shape index (κ3) is 2.74. The van der Waals surface area contributed by atoms with Gasteiger partial charge >= 0.3 is 0 Å². The zero-order chi connectivity index (χ0) is 14.9. The second kappa shape index (κ2) is 5.49. The molecule has 20 heavy (non-hydrogen) atoms. The van der Waals surface area contributed by atoms with Crippen molar-refractivity contribution in [3.63, 3.8) is 0 Å². The van der Waals surface area contributed by atoms with Crippen LogP contribution in [0.4, 0.5) is 5.95 Å². The maximum absolute atomic E-state index is 5.84. The van der Waals surface area contributed by atoms with Crippen molar-refractivity contribution < 1.29 is 4.74 Å². The smallest absolute Gasteiger partial charge is 0.220 e. The molecule has 0 unspecified atom stereocenters. The Morgan fingerprint density at radius 1 is 1.10 bits per heavy atom. The summed E-state index contributed by atoms with van der Waals surface area (Å²) in [5.41, 5.74) is 10.8. The third-order valence-electron chi connectivity index (χ3n) is 3.25. The van der Waals surface area contributed by atoms with E-state index in [1.54, 1.807) is 7.11 Å². The second-order valence-corrected chi connectivity index (χ2v) is 5.35. The Labute approximate surface area is 120 Å². The van der Waals surface area contributed by atoms with Crippen LogP contribution in [0.2, 0.25) is 0 Å². The molecule has 0 aliphatic carbocycles. The van der Waals surface area contributed by atoms with E-state index in [1.807, 2.05) is 13.0 Å². The van der Waals surface area contributed by atoms with E-state index in [9.17, 15) is 0 Å². The van der Waals surface area contributed by atoms with Gasteiger partial charge in [-0.3, -0.25) is 0 Å². The molecule has 0 radical (unpaired) electrons. The number of nitrogens with zero attached hydrogens (tertiary/aromatic N) is 2. The Hall–Kier alpha value is -2.10. The summed E-state index contributed by atoms with van der Waals surface area (Å²) in [7, 11) is 1.68. The van der Waals surface area contributed by atoms with Gasteiger partial charge < -0.3 is 10.5 Å². The third-order valence-corrected chi connectivity index (χ3v) is 3.25. The normalized spacial score (nSPS) is 10.9. The number of methoxy groups -OCH3 is 1. The largest absolute Gasteiger partial charge is 0.496 e. The van der Waals surface area contributed by atoms with Crippen molar-refractivity contribution >= 4 is 5.95 Å². The molecule has 0 spiro atoms. The lowest BCUT2D eigenvalue weighted by Gasteiger charge is -2.14. The van der Waals surface area contributed by atoms with Crippen molar-refractivity contribution in [1.29, 1.82) is 0 Å². The molecular formula is C16H21N3O. The van der Waals surface area contributed by atoms with Crippen LogP contribution in [0.1, 0.15) is 36.6 Å². The summed E-state index contributed by atoms with van der Waals surface area (Å²) in [6.07, 6.45) is 0. The summed E-state index contributed by atoms with van der Waals surface area (Å²) in [5, 5.41) is 0. The monoisotopic (exact) mass is 271 g/mol. The van der Waals surface area contributed by atoms with Crippen LogP contribution in [0, 0.1) is 13.8 Å². The van der Waals surface area contributed by atoms with Gasteiger partial charge in [-0.1, -0.05) is 19.9 Å². The van der Waals surface area contributed by atoms with Crippen LogP contribution in [0.15, 0.2) is 18.2 Å². The summed E-state index contributed by atoms with van der Waals surface area (Å²) < 4.78 is 5.52. The van der Waals surface area contributed by atoms with Crippen LogP contribution in [-0.4, -0.2) is 17.1 Å². The van der Waals surface area contributed by atoms with Crippen LogP contribution >= 0.6 is 0 Å². The molecule has 0 aliphatic rings. The molecule has 2 N–H and O–H groups in total. The predicted molar refractivity (Wildman–Crippen MR) is 82.0 cm³/mol. The minimum absolute atomic E-state index is 0.299. The summed E-state index contributed by atoms with van der Waals surface area (Å²) in [4.78, 5) is 8.65. The van der Waals surface area contributed by atoms with Gasteiger partial charge in [0.1, 0.15) is 5.75 Å². The first-order chi connectivity index (χ1) is 9.42. The maximum atomic E-state index is 5.84. The lowest BCUT2D eigenvalue weighted by Crippen LogP contribution is -2.03. The van der Waals surface area contributed by atoms with Gasteiger partial charge in [0.2, 0.25) is 5.95 Å². The molecule has 4 heteroatoms. The molecule has 0 saturated heterocycles. The highest BCUT2D eigenvalue weighted by Crippen LogP contribution is 2.34. The Balaban J connectivity index is 2.67. The van der Waals surface area contributed by atoms with Crippen LogP contribution in [0.5, 0.6) is 5.75 Å². The van der Waals surface area contributed by atoms with E-state index in [0.29, 0.717) is 11.9 Å². The molecule has 2 aromatic rings. The molecular weight excluding hydrogens is 250 g/mol. The molecule has 0 aliphatic heterocycles. The lowest BCUT2D eigenvalue weighted by atomic mass is 10.0. The fourth-order valence-electron chi connectivity index (χ4n) is 2.33. The standard InChI is InChI=1S/C16H21N3O/c1-9(2)13-8-14(19-16(17)18-13)12-7-10(3)6-11(4)15(12)20-5/h6-9H,1-5H3,(H2,17,18,19). The predicted octanol–water partition coefficient (Wildman–Crippen LogP) is 3.47. The summed E-state index contributed by atoms with van der Waals surface area (Å²) in [5.74, 6) is 1.44. The number of benzene rings is 1. The highest BCUT2D eigenvalue weighted by Gasteiger charge is 2.14. The summed E-state index contributed by atoms with van der Waals surface area (Å²) in [6.45, 7) is 8.27. The van der Waals surface area contributed by atoms with Crippen molar-refractivity contribution in [2.24, 2.45) is 0 Å². The topological polar surface area (TPSA) is 61.0 Å². The van der Waals surface area contributed by atoms with Gasteiger partial charge in [-0.2, -0.15) is 0 Å². The summed E-state index contributed by atoms with van der Waals surface area (Å²) in [6, 6.07) is 6.14. The number of aromatic nitrogens is 2. The molecule has 1 aromatic heterocycles. The number of hydrogen-bond donors (Lipinski definition) is 1. The van der Waals surface area contributed by atoms with E-state index in [4.69, 9.17) is 10.5 Å². The van der Waals surface area contributed by atoms with Gasteiger partial charge in [0.05, 0.1) is 12.8 Å². The number of hydrogen-bond acceptors (Lipinski definition) is 4. The number of aryl methyl sites for hydroxylation is 2. The maximum Gasteiger partial charge on any atom is 0.220 e. The van der Waals surface area contributed by atoms with Crippen molar-refractivity contribution in [1.82, 2.24) is 9.97 Å². The molecule has 4 nitrogen and oxygen atoms in total. The Kier molecular flexibility index (Phi) is 3.93. The molecule has 0 saturated carbocycles. The molecule has 0 amide bonds. The zero-order valence-corrected chi connectivity index (χ0v) is 12.7.